The maximum Gasteiger partial charge on any atom is 0.224 e. The second-order valence-electron chi connectivity index (χ2n) is 4.92. The highest BCUT2D eigenvalue weighted by atomic mass is 79.9. The third-order valence-electron chi connectivity index (χ3n) is 3.50. The first-order valence-corrected chi connectivity index (χ1v) is 8.30. The lowest BCUT2D eigenvalue weighted by atomic mass is 10.0. The number of methoxy groups -OCH3 is 2. The average Bonchev–Trinajstić information content (AvgIpc) is 2.51. The summed E-state index contributed by atoms with van der Waals surface area (Å²) in [6.45, 7) is 2.88. The standard InChI is InChI=1S/C16H24BrNO3/c1-4-12(7-8-17)11-18-16(19)10-13-5-6-14(20-2)15(9-13)21-3/h5-6,9,12H,4,7-8,10-11H2,1-3H3,(H,18,19). The highest BCUT2D eigenvalue weighted by Gasteiger charge is 2.10. The van der Waals surface area contributed by atoms with Gasteiger partial charge in [0.2, 0.25) is 5.91 Å². The van der Waals surface area contributed by atoms with E-state index in [1.165, 1.54) is 0 Å². The normalized spacial score (nSPS) is 11.8. The van der Waals surface area contributed by atoms with Gasteiger partial charge in [-0.2, -0.15) is 0 Å². The maximum atomic E-state index is 12.0. The molecule has 0 fully saturated rings. The fraction of sp³-hybridized carbons (Fsp3) is 0.562. The zero-order valence-corrected chi connectivity index (χ0v) is 14.5. The molecule has 1 atom stereocenters. The number of hydrogen-bond donors (Lipinski definition) is 1. The monoisotopic (exact) mass is 357 g/mol. The Kier molecular flexibility index (Phi) is 8.20. The molecule has 1 unspecified atom stereocenters. The zero-order valence-electron chi connectivity index (χ0n) is 12.9. The van der Waals surface area contributed by atoms with Crippen LogP contribution < -0.4 is 14.8 Å². The largest absolute Gasteiger partial charge is 0.493 e. The first kappa shape index (κ1) is 17.8. The number of amides is 1. The number of carbonyl (C=O) groups is 1. The average molecular weight is 358 g/mol. The molecule has 0 aliphatic carbocycles. The number of carbonyl (C=O) groups excluding carboxylic acids is 1. The summed E-state index contributed by atoms with van der Waals surface area (Å²) in [6, 6.07) is 5.55. The minimum absolute atomic E-state index is 0.0373. The van der Waals surface area contributed by atoms with Gasteiger partial charge in [-0.1, -0.05) is 35.3 Å². The van der Waals surface area contributed by atoms with Crippen molar-refractivity contribution in [1.29, 1.82) is 0 Å². The van der Waals surface area contributed by atoms with Gasteiger partial charge in [0.15, 0.2) is 11.5 Å². The Morgan fingerprint density at radius 1 is 1.29 bits per heavy atom. The Bertz CT molecular complexity index is 451. The van der Waals surface area contributed by atoms with Crippen LogP contribution in [0.3, 0.4) is 0 Å². The molecule has 0 aromatic heterocycles. The molecule has 0 saturated heterocycles. The number of hydrogen-bond acceptors (Lipinski definition) is 3. The minimum atomic E-state index is 0.0373. The molecule has 0 aliphatic heterocycles. The smallest absolute Gasteiger partial charge is 0.224 e. The highest BCUT2D eigenvalue weighted by molar-refractivity contribution is 9.09. The van der Waals surface area contributed by atoms with E-state index in [0.29, 0.717) is 23.8 Å². The molecule has 0 spiro atoms. The van der Waals surface area contributed by atoms with Crippen LogP contribution >= 0.6 is 15.9 Å². The summed E-state index contributed by atoms with van der Waals surface area (Å²) < 4.78 is 10.4. The van der Waals surface area contributed by atoms with Crippen LogP contribution in [0.5, 0.6) is 11.5 Å². The Morgan fingerprint density at radius 2 is 2.00 bits per heavy atom. The highest BCUT2D eigenvalue weighted by Crippen LogP contribution is 2.27. The summed E-state index contributed by atoms with van der Waals surface area (Å²) in [5, 5.41) is 3.97. The first-order valence-electron chi connectivity index (χ1n) is 7.18. The van der Waals surface area contributed by atoms with Crippen molar-refractivity contribution in [3.63, 3.8) is 0 Å². The molecule has 0 aliphatic rings. The van der Waals surface area contributed by atoms with Gasteiger partial charge in [-0.25, -0.2) is 0 Å². The Hall–Kier alpha value is -1.23. The van der Waals surface area contributed by atoms with E-state index in [-0.39, 0.29) is 5.91 Å². The van der Waals surface area contributed by atoms with Crippen molar-refractivity contribution in [2.45, 2.75) is 26.2 Å². The van der Waals surface area contributed by atoms with E-state index >= 15 is 0 Å². The summed E-state index contributed by atoms with van der Waals surface area (Å²) in [6.07, 6.45) is 2.50. The third kappa shape index (κ3) is 5.96. The lowest BCUT2D eigenvalue weighted by Crippen LogP contribution is -2.30. The van der Waals surface area contributed by atoms with Crippen molar-refractivity contribution in [3.05, 3.63) is 23.8 Å². The fourth-order valence-electron chi connectivity index (χ4n) is 2.10. The van der Waals surface area contributed by atoms with Gasteiger partial charge in [0, 0.05) is 11.9 Å². The van der Waals surface area contributed by atoms with Gasteiger partial charge in [-0.3, -0.25) is 4.79 Å². The predicted octanol–water partition coefficient (Wildman–Crippen LogP) is 3.17. The molecule has 5 heteroatoms. The van der Waals surface area contributed by atoms with Crippen molar-refractivity contribution in [2.75, 3.05) is 26.1 Å². The van der Waals surface area contributed by atoms with Gasteiger partial charge in [0.1, 0.15) is 0 Å². The van der Waals surface area contributed by atoms with Gasteiger partial charge >= 0.3 is 0 Å². The van der Waals surface area contributed by atoms with Crippen LogP contribution in [0.1, 0.15) is 25.3 Å². The van der Waals surface area contributed by atoms with Gasteiger partial charge in [-0.15, -0.1) is 0 Å². The molecule has 4 nitrogen and oxygen atoms in total. The van der Waals surface area contributed by atoms with Crippen LogP contribution in [0.4, 0.5) is 0 Å². The Labute approximate surface area is 135 Å². The Balaban J connectivity index is 2.54. The molecule has 1 aromatic carbocycles. The number of benzene rings is 1. The zero-order chi connectivity index (χ0) is 15.7. The summed E-state index contributed by atoms with van der Waals surface area (Å²) in [7, 11) is 3.19. The van der Waals surface area contributed by atoms with E-state index in [0.717, 1.165) is 30.3 Å². The quantitative estimate of drug-likeness (QED) is 0.690. The SMILES string of the molecule is CCC(CCBr)CNC(=O)Cc1ccc(OC)c(OC)c1. The summed E-state index contributed by atoms with van der Waals surface area (Å²) in [4.78, 5) is 12.0. The maximum absolute atomic E-state index is 12.0. The molecule has 0 radical (unpaired) electrons. The minimum Gasteiger partial charge on any atom is -0.493 e. The van der Waals surface area contributed by atoms with Crippen LogP contribution in [-0.2, 0) is 11.2 Å². The number of alkyl halides is 1. The number of nitrogens with one attached hydrogen (secondary N) is 1. The first-order chi connectivity index (χ1) is 10.1. The van der Waals surface area contributed by atoms with Crippen molar-refractivity contribution in [1.82, 2.24) is 5.32 Å². The van der Waals surface area contributed by atoms with Crippen LogP contribution in [0.2, 0.25) is 0 Å². The molecule has 0 saturated carbocycles. The van der Waals surface area contributed by atoms with Gasteiger partial charge in [-0.05, 0) is 30.0 Å². The molecular weight excluding hydrogens is 334 g/mol. The van der Waals surface area contributed by atoms with Crippen molar-refractivity contribution in [2.24, 2.45) is 5.92 Å². The predicted molar refractivity (Wildman–Crippen MR) is 88.5 cm³/mol. The topological polar surface area (TPSA) is 47.6 Å². The van der Waals surface area contributed by atoms with E-state index in [1.807, 2.05) is 18.2 Å². The van der Waals surface area contributed by atoms with E-state index in [1.54, 1.807) is 14.2 Å². The Morgan fingerprint density at radius 3 is 2.57 bits per heavy atom. The summed E-state index contributed by atoms with van der Waals surface area (Å²) in [5.41, 5.74) is 0.915. The van der Waals surface area contributed by atoms with E-state index in [4.69, 9.17) is 9.47 Å². The van der Waals surface area contributed by atoms with Gasteiger partial charge in [0.05, 0.1) is 20.6 Å². The van der Waals surface area contributed by atoms with Crippen LogP contribution in [0.15, 0.2) is 18.2 Å². The summed E-state index contributed by atoms with van der Waals surface area (Å²) in [5.74, 6) is 1.88. The molecule has 0 bridgehead atoms. The lowest BCUT2D eigenvalue weighted by molar-refractivity contribution is -0.120. The van der Waals surface area contributed by atoms with E-state index < -0.39 is 0 Å². The van der Waals surface area contributed by atoms with Gasteiger partial charge < -0.3 is 14.8 Å². The molecule has 0 heterocycles. The van der Waals surface area contributed by atoms with Crippen molar-refractivity contribution < 1.29 is 14.3 Å². The number of rotatable bonds is 9. The fourth-order valence-corrected chi connectivity index (χ4v) is 2.75. The van der Waals surface area contributed by atoms with Crippen LogP contribution in [0.25, 0.3) is 0 Å². The second kappa shape index (κ2) is 9.66. The summed E-state index contributed by atoms with van der Waals surface area (Å²) >= 11 is 3.44. The molecule has 21 heavy (non-hydrogen) atoms. The van der Waals surface area contributed by atoms with Gasteiger partial charge in [0.25, 0.3) is 0 Å². The molecule has 1 amide bonds. The molecule has 1 rings (SSSR count). The lowest BCUT2D eigenvalue weighted by Gasteiger charge is -2.14. The number of halogens is 1. The molecule has 118 valence electrons. The third-order valence-corrected chi connectivity index (χ3v) is 3.95. The van der Waals surface area contributed by atoms with Crippen LogP contribution in [-0.4, -0.2) is 32.0 Å². The molecular formula is C16H24BrNO3. The second-order valence-corrected chi connectivity index (χ2v) is 5.72. The number of ether oxygens (including phenoxy) is 2. The van der Waals surface area contributed by atoms with Crippen molar-refractivity contribution >= 4 is 21.8 Å². The van der Waals surface area contributed by atoms with Crippen molar-refractivity contribution in [3.8, 4) is 11.5 Å². The van der Waals surface area contributed by atoms with Crippen LogP contribution in [0, 0.1) is 5.92 Å². The van der Waals surface area contributed by atoms with E-state index in [9.17, 15) is 4.79 Å². The molecule has 1 N–H and O–H groups in total. The molecule has 1 aromatic rings. The van der Waals surface area contributed by atoms with E-state index in [2.05, 4.69) is 28.2 Å².